The molecule has 1 aliphatic rings. The summed E-state index contributed by atoms with van der Waals surface area (Å²) in [5.74, 6) is 1.50. The van der Waals surface area contributed by atoms with Gasteiger partial charge in [0.25, 0.3) is 0 Å². The summed E-state index contributed by atoms with van der Waals surface area (Å²) in [6.07, 6.45) is 0.271. The molecular weight excluding hydrogens is 206 g/mol. The Kier molecular flexibility index (Phi) is 3.31. The van der Waals surface area contributed by atoms with Crippen molar-refractivity contribution in [1.29, 1.82) is 0 Å². The van der Waals surface area contributed by atoms with Gasteiger partial charge in [-0.05, 0) is 12.5 Å². The second kappa shape index (κ2) is 4.72. The standard InChI is InChI=1S/C12H17NO3/c1-15-11-4-2-3-9-8(10(14)7-13)5-6-16-12(9)11/h2-4,8,10,14H,5-7,13H2,1H3. The molecule has 16 heavy (non-hydrogen) atoms. The first-order valence-corrected chi connectivity index (χ1v) is 5.45. The Morgan fingerprint density at radius 3 is 3.12 bits per heavy atom. The molecule has 2 unspecified atom stereocenters. The molecule has 4 nitrogen and oxygen atoms in total. The van der Waals surface area contributed by atoms with Crippen molar-refractivity contribution in [3.8, 4) is 11.5 Å². The number of nitrogens with two attached hydrogens (primary N) is 1. The summed E-state index contributed by atoms with van der Waals surface area (Å²) < 4.78 is 10.8. The molecular formula is C12H17NO3. The van der Waals surface area contributed by atoms with Crippen LogP contribution in [0.25, 0.3) is 0 Å². The number of fused-ring (bicyclic) bond motifs is 1. The van der Waals surface area contributed by atoms with Crippen LogP contribution in [-0.4, -0.2) is 31.5 Å². The first kappa shape index (κ1) is 11.2. The van der Waals surface area contributed by atoms with E-state index >= 15 is 0 Å². The largest absolute Gasteiger partial charge is 0.493 e. The van der Waals surface area contributed by atoms with Crippen LogP contribution in [0.5, 0.6) is 11.5 Å². The van der Waals surface area contributed by atoms with Crippen molar-refractivity contribution in [2.45, 2.75) is 18.4 Å². The molecule has 3 N–H and O–H groups in total. The van der Waals surface area contributed by atoms with Gasteiger partial charge in [-0.1, -0.05) is 12.1 Å². The van der Waals surface area contributed by atoms with Gasteiger partial charge in [-0.25, -0.2) is 0 Å². The third-order valence-electron chi connectivity index (χ3n) is 3.01. The van der Waals surface area contributed by atoms with E-state index in [4.69, 9.17) is 15.2 Å². The molecule has 0 amide bonds. The van der Waals surface area contributed by atoms with Crippen LogP contribution in [0.1, 0.15) is 17.9 Å². The summed E-state index contributed by atoms with van der Waals surface area (Å²) in [6.45, 7) is 0.858. The molecule has 0 saturated carbocycles. The molecule has 0 aromatic heterocycles. The molecule has 1 aliphatic heterocycles. The number of aliphatic hydroxyl groups is 1. The third kappa shape index (κ3) is 1.86. The molecule has 0 spiro atoms. The second-order valence-corrected chi connectivity index (χ2v) is 3.93. The van der Waals surface area contributed by atoms with E-state index in [-0.39, 0.29) is 12.5 Å². The zero-order valence-electron chi connectivity index (χ0n) is 9.35. The van der Waals surface area contributed by atoms with Crippen molar-refractivity contribution < 1.29 is 14.6 Å². The maximum Gasteiger partial charge on any atom is 0.164 e. The number of ether oxygens (including phenoxy) is 2. The molecule has 0 aliphatic carbocycles. The molecule has 0 fully saturated rings. The lowest BCUT2D eigenvalue weighted by molar-refractivity contribution is 0.121. The molecule has 88 valence electrons. The number of aliphatic hydroxyl groups excluding tert-OH is 1. The highest BCUT2D eigenvalue weighted by Gasteiger charge is 2.28. The number of hydrogen-bond donors (Lipinski definition) is 2. The summed E-state index contributed by atoms with van der Waals surface area (Å²) >= 11 is 0. The lowest BCUT2D eigenvalue weighted by Crippen LogP contribution is -2.31. The van der Waals surface area contributed by atoms with E-state index < -0.39 is 6.10 Å². The summed E-state index contributed by atoms with van der Waals surface area (Å²) in [5.41, 5.74) is 6.50. The van der Waals surface area contributed by atoms with Gasteiger partial charge in [-0.2, -0.15) is 0 Å². The number of hydrogen-bond acceptors (Lipinski definition) is 4. The van der Waals surface area contributed by atoms with Crippen molar-refractivity contribution in [3.63, 3.8) is 0 Å². The fourth-order valence-electron chi connectivity index (χ4n) is 2.15. The molecule has 1 heterocycles. The Labute approximate surface area is 95.0 Å². The van der Waals surface area contributed by atoms with E-state index in [1.807, 2.05) is 18.2 Å². The molecule has 2 atom stereocenters. The molecule has 0 radical (unpaired) electrons. The van der Waals surface area contributed by atoms with Crippen LogP contribution in [0.3, 0.4) is 0 Å². The van der Waals surface area contributed by atoms with E-state index in [2.05, 4.69) is 0 Å². The lowest BCUT2D eigenvalue weighted by Gasteiger charge is -2.29. The molecule has 1 aromatic carbocycles. The Balaban J connectivity index is 2.39. The maximum atomic E-state index is 9.87. The molecule has 4 heteroatoms. The van der Waals surface area contributed by atoms with Crippen LogP contribution in [0.2, 0.25) is 0 Å². The maximum absolute atomic E-state index is 9.87. The highest BCUT2D eigenvalue weighted by Crippen LogP contribution is 2.41. The van der Waals surface area contributed by atoms with Crippen LogP contribution in [0, 0.1) is 0 Å². The topological polar surface area (TPSA) is 64.7 Å². The summed E-state index contributed by atoms with van der Waals surface area (Å²) in [5, 5.41) is 9.87. The highest BCUT2D eigenvalue weighted by atomic mass is 16.5. The molecule has 2 rings (SSSR count). The average molecular weight is 223 g/mol. The van der Waals surface area contributed by atoms with Crippen LogP contribution in [0.15, 0.2) is 18.2 Å². The fourth-order valence-corrected chi connectivity index (χ4v) is 2.15. The minimum absolute atomic E-state index is 0.0452. The van der Waals surface area contributed by atoms with Crippen LogP contribution < -0.4 is 15.2 Å². The Morgan fingerprint density at radius 2 is 2.44 bits per heavy atom. The Bertz CT molecular complexity index is 367. The molecule has 0 saturated heterocycles. The summed E-state index contributed by atoms with van der Waals surface area (Å²) in [6, 6.07) is 5.72. The van der Waals surface area contributed by atoms with E-state index in [9.17, 15) is 5.11 Å². The van der Waals surface area contributed by atoms with E-state index in [1.54, 1.807) is 7.11 Å². The van der Waals surface area contributed by atoms with E-state index in [0.29, 0.717) is 12.4 Å². The summed E-state index contributed by atoms with van der Waals surface area (Å²) in [4.78, 5) is 0. The van der Waals surface area contributed by atoms with Gasteiger partial charge in [-0.15, -0.1) is 0 Å². The number of rotatable bonds is 3. The van der Waals surface area contributed by atoms with Gasteiger partial charge in [0.2, 0.25) is 0 Å². The zero-order valence-corrected chi connectivity index (χ0v) is 9.35. The first-order chi connectivity index (χ1) is 7.77. The van der Waals surface area contributed by atoms with Crippen LogP contribution in [-0.2, 0) is 0 Å². The molecule has 1 aromatic rings. The second-order valence-electron chi connectivity index (χ2n) is 3.93. The highest BCUT2D eigenvalue weighted by molar-refractivity contribution is 5.49. The van der Waals surface area contributed by atoms with Crippen molar-refractivity contribution in [1.82, 2.24) is 0 Å². The predicted octanol–water partition coefficient (Wildman–Crippen LogP) is 0.881. The normalized spacial score (nSPS) is 20.8. The number of methoxy groups -OCH3 is 1. The van der Waals surface area contributed by atoms with Crippen LogP contribution in [0.4, 0.5) is 0 Å². The lowest BCUT2D eigenvalue weighted by atomic mass is 9.88. The number of benzene rings is 1. The van der Waals surface area contributed by atoms with Gasteiger partial charge in [0.1, 0.15) is 0 Å². The van der Waals surface area contributed by atoms with Gasteiger partial charge in [0.05, 0.1) is 19.8 Å². The van der Waals surface area contributed by atoms with Crippen molar-refractivity contribution in [2.24, 2.45) is 5.73 Å². The number of para-hydroxylation sites is 1. The quantitative estimate of drug-likeness (QED) is 0.798. The van der Waals surface area contributed by atoms with E-state index in [0.717, 1.165) is 17.7 Å². The third-order valence-corrected chi connectivity index (χ3v) is 3.01. The molecule has 0 bridgehead atoms. The Morgan fingerprint density at radius 1 is 1.62 bits per heavy atom. The van der Waals surface area contributed by atoms with Gasteiger partial charge >= 0.3 is 0 Å². The monoisotopic (exact) mass is 223 g/mol. The SMILES string of the molecule is COc1cccc2c1OCCC2C(O)CN. The van der Waals surface area contributed by atoms with E-state index in [1.165, 1.54) is 0 Å². The Hall–Kier alpha value is -1.26. The van der Waals surface area contributed by atoms with Gasteiger partial charge in [0.15, 0.2) is 11.5 Å². The van der Waals surface area contributed by atoms with Gasteiger partial charge < -0.3 is 20.3 Å². The summed E-state index contributed by atoms with van der Waals surface area (Å²) in [7, 11) is 1.61. The fraction of sp³-hybridized carbons (Fsp3) is 0.500. The minimum atomic E-state index is -0.519. The zero-order chi connectivity index (χ0) is 11.5. The minimum Gasteiger partial charge on any atom is -0.493 e. The van der Waals surface area contributed by atoms with Crippen LogP contribution >= 0.6 is 0 Å². The van der Waals surface area contributed by atoms with Crippen molar-refractivity contribution in [3.05, 3.63) is 23.8 Å². The van der Waals surface area contributed by atoms with Gasteiger partial charge in [-0.3, -0.25) is 0 Å². The average Bonchev–Trinajstić information content (AvgIpc) is 2.36. The van der Waals surface area contributed by atoms with Crippen molar-refractivity contribution >= 4 is 0 Å². The van der Waals surface area contributed by atoms with Crippen molar-refractivity contribution in [2.75, 3.05) is 20.3 Å². The van der Waals surface area contributed by atoms with Gasteiger partial charge in [0, 0.05) is 18.0 Å². The first-order valence-electron chi connectivity index (χ1n) is 5.45. The predicted molar refractivity (Wildman–Crippen MR) is 60.9 cm³/mol. The smallest absolute Gasteiger partial charge is 0.164 e.